The Hall–Kier alpha value is -1.25. The standard InChI is InChI=1S/C10H7BrF5NO2/c1-2-19-9(18)6-5(8(12)13)4(10(14,15)16)3-17-7(6)11/h3,8H,2H2,1H3. The maximum Gasteiger partial charge on any atom is 0.418 e. The van der Waals surface area contributed by atoms with Gasteiger partial charge in [0.25, 0.3) is 6.43 Å². The van der Waals surface area contributed by atoms with Crippen molar-refractivity contribution in [1.82, 2.24) is 4.98 Å². The van der Waals surface area contributed by atoms with E-state index in [0.717, 1.165) is 0 Å². The van der Waals surface area contributed by atoms with Crippen LogP contribution in [0.1, 0.15) is 34.8 Å². The molecule has 0 unspecified atom stereocenters. The average Bonchev–Trinajstić information content (AvgIpc) is 2.26. The molecule has 106 valence electrons. The fourth-order valence-electron chi connectivity index (χ4n) is 1.35. The minimum Gasteiger partial charge on any atom is -0.462 e. The Balaban J connectivity index is 3.56. The van der Waals surface area contributed by atoms with Gasteiger partial charge >= 0.3 is 12.1 Å². The van der Waals surface area contributed by atoms with Crippen molar-refractivity contribution in [2.24, 2.45) is 0 Å². The number of carbonyl (C=O) groups is 1. The van der Waals surface area contributed by atoms with E-state index < -0.39 is 39.9 Å². The second-order valence-electron chi connectivity index (χ2n) is 3.27. The van der Waals surface area contributed by atoms with Gasteiger partial charge in [-0.15, -0.1) is 0 Å². The first-order chi connectivity index (χ1) is 8.70. The third-order valence-corrected chi connectivity index (χ3v) is 2.68. The lowest BCUT2D eigenvalue weighted by molar-refractivity contribution is -0.139. The molecular formula is C10H7BrF5NO2. The lowest BCUT2D eigenvalue weighted by Gasteiger charge is -2.16. The Morgan fingerprint density at radius 1 is 1.47 bits per heavy atom. The molecule has 0 aromatic carbocycles. The molecule has 0 aliphatic heterocycles. The molecule has 0 N–H and O–H groups in total. The normalized spacial score (nSPS) is 11.8. The summed E-state index contributed by atoms with van der Waals surface area (Å²) in [6, 6.07) is 0. The minimum atomic E-state index is -5.04. The van der Waals surface area contributed by atoms with E-state index in [0.29, 0.717) is 0 Å². The Kier molecular flexibility index (Phi) is 4.83. The van der Waals surface area contributed by atoms with E-state index in [2.05, 4.69) is 25.7 Å². The van der Waals surface area contributed by atoms with Crippen LogP contribution < -0.4 is 0 Å². The summed E-state index contributed by atoms with van der Waals surface area (Å²) in [5.41, 5.74) is -4.01. The molecule has 1 rings (SSSR count). The largest absolute Gasteiger partial charge is 0.462 e. The van der Waals surface area contributed by atoms with Gasteiger partial charge in [0.1, 0.15) is 10.2 Å². The topological polar surface area (TPSA) is 39.2 Å². The molecule has 0 saturated heterocycles. The summed E-state index contributed by atoms with van der Waals surface area (Å²) in [5.74, 6) is -1.29. The van der Waals surface area contributed by atoms with Gasteiger partial charge in [-0.1, -0.05) is 0 Å². The van der Waals surface area contributed by atoms with Crippen LogP contribution in [0.5, 0.6) is 0 Å². The Morgan fingerprint density at radius 3 is 2.47 bits per heavy atom. The summed E-state index contributed by atoms with van der Waals surface area (Å²) in [4.78, 5) is 14.7. The zero-order valence-corrected chi connectivity index (χ0v) is 11.0. The number of rotatable bonds is 3. The van der Waals surface area contributed by atoms with Crippen LogP contribution in [0.2, 0.25) is 0 Å². The highest BCUT2D eigenvalue weighted by Crippen LogP contribution is 2.39. The summed E-state index contributed by atoms with van der Waals surface area (Å²) < 4.78 is 67.6. The molecule has 0 amide bonds. The van der Waals surface area contributed by atoms with Crippen LogP contribution in [0.25, 0.3) is 0 Å². The van der Waals surface area contributed by atoms with Crippen molar-refractivity contribution in [2.75, 3.05) is 6.61 Å². The predicted molar refractivity (Wildman–Crippen MR) is 57.9 cm³/mol. The van der Waals surface area contributed by atoms with Crippen molar-refractivity contribution >= 4 is 21.9 Å². The van der Waals surface area contributed by atoms with Crippen molar-refractivity contribution in [1.29, 1.82) is 0 Å². The van der Waals surface area contributed by atoms with Crippen LogP contribution in [0.15, 0.2) is 10.8 Å². The van der Waals surface area contributed by atoms with Gasteiger partial charge in [-0.05, 0) is 22.9 Å². The average molecular weight is 348 g/mol. The van der Waals surface area contributed by atoms with E-state index in [1.165, 1.54) is 6.92 Å². The van der Waals surface area contributed by atoms with Crippen molar-refractivity contribution in [2.45, 2.75) is 19.5 Å². The van der Waals surface area contributed by atoms with Crippen LogP contribution in [-0.2, 0) is 10.9 Å². The first-order valence-corrected chi connectivity index (χ1v) is 5.70. The number of carbonyl (C=O) groups excluding carboxylic acids is 1. The molecule has 0 radical (unpaired) electrons. The molecule has 0 bridgehead atoms. The number of ether oxygens (including phenoxy) is 1. The highest BCUT2D eigenvalue weighted by Gasteiger charge is 2.40. The number of pyridine rings is 1. The summed E-state index contributed by atoms with van der Waals surface area (Å²) in [7, 11) is 0. The van der Waals surface area contributed by atoms with Gasteiger partial charge < -0.3 is 4.74 Å². The SMILES string of the molecule is CCOC(=O)c1c(Br)ncc(C(F)(F)F)c1C(F)F. The number of nitrogens with zero attached hydrogens (tertiary/aromatic N) is 1. The first kappa shape index (κ1) is 15.8. The maximum atomic E-state index is 12.8. The molecule has 1 aromatic heterocycles. The second kappa shape index (κ2) is 5.81. The summed E-state index contributed by atoms with van der Waals surface area (Å²) in [6.07, 6.45) is -8.29. The van der Waals surface area contributed by atoms with Gasteiger partial charge in [0, 0.05) is 11.8 Å². The van der Waals surface area contributed by atoms with Crippen molar-refractivity contribution in [3.63, 3.8) is 0 Å². The maximum absolute atomic E-state index is 12.8. The predicted octanol–water partition coefficient (Wildman–Crippen LogP) is 3.98. The molecule has 1 aromatic rings. The third kappa shape index (κ3) is 3.40. The second-order valence-corrected chi connectivity index (χ2v) is 4.02. The van der Waals surface area contributed by atoms with Gasteiger partial charge in [-0.2, -0.15) is 13.2 Å². The zero-order chi connectivity index (χ0) is 14.8. The van der Waals surface area contributed by atoms with E-state index in [4.69, 9.17) is 0 Å². The van der Waals surface area contributed by atoms with E-state index >= 15 is 0 Å². The van der Waals surface area contributed by atoms with Crippen LogP contribution in [-0.4, -0.2) is 17.6 Å². The third-order valence-electron chi connectivity index (χ3n) is 2.08. The number of halogens is 6. The lowest BCUT2D eigenvalue weighted by atomic mass is 10.0. The van der Waals surface area contributed by atoms with Crippen molar-refractivity contribution in [3.8, 4) is 0 Å². The molecule has 0 saturated carbocycles. The molecule has 0 fully saturated rings. The molecule has 0 spiro atoms. The monoisotopic (exact) mass is 347 g/mol. The summed E-state index contributed by atoms with van der Waals surface area (Å²) >= 11 is 2.67. The number of hydrogen-bond acceptors (Lipinski definition) is 3. The van der Waals surface area contributed by atoms with Crippen LogP contribution in [0.4, 0.5) is 22.0 Å². The minimum absolute atomic E-state index is 0.163. The molecule has 1 heterocycles. The summed E-state index contributed by atoms with van der Waals surface area (Å²) in [6.45, 7) is 1.24. The van der Waals surface area contributed by atoms with Gasteiger partial charge in [-0.25, -0.2) is 18.6 Å². The van der Waals surface area contributed by atoms with Gasteiger partial charge in [0.05, 0.1) is 12.2 Å². The summed E-state index contributed by atoms with van der Waals surface area (Å²) in [5, 5.41) is 0. The number of esters is 1. The molecule has 0 aliphatic carbocycles. The van der Waals surface area contributed by atoms with Gasteiger partial charge in [0.15, 0.2) is 0 Å². The van der Waals surface area contributed by atoms with E-state index in [1.807, 2.05) is 0 Å². The zero-order valence-electron chi connectivity index (χ0n) is 9.39. The van der Waals surface area contributed by atoms with Crippen LogP contribution in [0, 0.1) is 0 Å². The first-order valence-electron chi connectivity index (χ1n) is 4.91. The highest BCUT2D eigenvalue weighted by molar-refractivity contribution is 9.10. The quantitative estimate of drug-likeness (QED) is 0.471. The van der Waals surface area contributed by atoms with E-state index in [-0.39, 0.29) is 12.8 Å². The number of alkyl halides is 5. The molecule has 9 heteroatoms. The highest BCUT2D eigenvalue weighted by atomic mass is 79.9. The Bertz CT molecular complexity index is 490. The van der Waals surface area contributed by atoms with Gasteiger partial charge in [0.2, 0.25) is 0 Å². The van der Waals surface area contributed by atoms with Crippen LogP contribution >= 0.6 is 15.9 Å². The lowest BCUT2D eigenvalue weighted by Crippen LogP contribution is -2.17. The molecular weight excluding hydrogens is 341 g/mol. The number of hydrogen-bond donors (Lipinski definition) is 0. The Labute approximate surface area is 112 Å². The van der Waals surface area contributed by atoms with Crippen molar-refractivity contribution < 1.29 is 31.5 Å². The molecule has 0 atom stereocenters. The number of aromatic nitrogens is 1. The molecule has 0 aliphatic rings. The Morgan fingerprint density at radius 2 is 2.05 bits per heavy atom. The fourth-order valence-corrected chi connectivity index (χ4v) is 1.83. The fraction of sp³-hybridized carbons (Fsp3) is 0.400. The van der Waals surface area contributed by atoms with Crippen molar-refractivity contribution in [3.05, 3.63) is 27.5 Å². The van der Waals surface area contributed by atoms with Gasteiger partial charge in [-0.3, -0.25) is 0 Å². The molecule has 3 nitrogen and oxygen atoms in total. The van der Waals surface area contributed by atoms with E-state index in [1.54, 1.807) is 0 Å². The van der Waals surface area contributed by atoms with Crippen LogP contribution in [0.3, 0.4) is 0 Å². The molecule has 19 heavy (non-hydrogen) atoms. The smallest absolute Gasteiger partial charge is 0.418 e. The van der Waals surface area contributed by atoms with E-state index in [9.17, 15) is 26.7 Å².